The summed E-state index contributed by atoms with van der Waals surface area (Å²) in [6.45, 7) is 2.98. The largest absolute Gasteiger partial charge is 0.354 e. The molecule has 0 saturated carbocycles. The van der Waals surface area contributed by atoms with Crippen molar-refractivity contribution in [1.82, 2.24) is 19.2 Å². The summed E-state index contributed by atoms with van der Waals surface area (Å²) in [6.07, 6.45) is 11.7. The van der Waals surface area contributed by atoms with Crippen LogP contribution in [-0.4, -0.2) is 47.8 Å². The number of amides is 1. The second-order valence-electron chi connectivity index (χ2n) is 8.52. The molecule has 1 aliphatic carbocycles. The Balaban J connectivity index is 1.54. The van der Waals surface area contributed by atoms with E-state index < -0.39 is 15.6 Å². The first kappa shape index (κ1) is 23.1. The Kier molecular flexibility index (Phi) is 7.11. The molecule has 2 aromatic rings. The van der Waals surface area contributed by atoms with Crippen LogP contribution in [0.3, 0.4) is 0 Å². The predicted octanol–water partition coefficient (Wildman–Crippen LogP) is 2.95. The number of rotatable bonds is 7. The number of sulfonamides is 1. The van der Waals surface area contributed by atoms with Gasteiger partial charge in [-0.05, 0) is 51.9 Å². The normalized spacial score (nSPS) is 18.0. The monoisotopic (exact) mass is 478 g/mol. The van der Waals surface area contributed by atoms with Crippen LogP contribution in [0.4, 0.5) is 0 Å². The standard InChI is InChI=1S/C22H30N4O4S2/c1-16-20(32(29,30)26-12-6-3-7-13-26)19-21(31-16)24-15-25(22(19)28)14-18(27)23-11-10-17-8-4-2-5-9-17/h8,15H,2-7,9-14H2,1H3,(H,23,27). The van der Waals surface area contributed by atoms with Crippen molar-refractivity contribution in [3.05, 3.63) is 33.2 Å². The van der Waals surface area contributed by atoms with Crippen molar-refractivity contribution in [2.75, 3.05) is 19.6 Å². The first-order chi connectivity index (χ1) is 15.4. The van der Waals surface area contributed by atoms with Gasteiger partial charge in [0.05, 0.1) is 11.7 Å². The fourth-order valence-electron chi connectivity index (χ4n) is 4.48. The second kappa shape index (κ2) is 9.84. The van der Waals surface area contributed by atoms with Crippen LogP contribution in [0.25, 0.3) is 10.2 Å². The Morgan fingerprint density at radius 2 is 1.97 bits per heavy atom. The van der Waals surface area contributed by atoms with Gasteiger partial charge in [0, 0.05) is 24.5 Å². The first-order valence-electron chi connectivity index (χ1n) is 11.3. The van der Waals surface area contributed by atoms with E-state index in [0.717, 1.165) is 38.5 Å². The van der Waals surface area contributed by atoms with Crippen molar-refractivity contribution < 1.29 is 13.2 Å². The highest BCUT2D eigenvalue weighted by Crippen LogP contribution is 2.33. The molecule has 2 aromatic heterocycles. The quantitative estimate of drug-likeness (QED) is 0.617. The van der Waals surface area contributed by atoms with Crippen molar-refractivity contribution in [3.63, 3.8) is 0 Å². The summed E-state index contributed by atoms with van der Waals surface area (Å²) in [7, 11) is -3.79. The molecule has 1 saturated heterocycles. The number of fused-ring (bicyclic) bond motifs is 1. The molecule has 0 radical (unpaired) electrons. The van der Waals surface area contributed by atoms with Crippen LogP contribution in [0.2, 0.25) is 0 Å². The maximum atomic E-state index is 13.3. The van der Waals surface area contributed by atoms with E-state index in [-0.39, 0.29) is 22.7 Å². The summed E-state index contributed by atoms with van der Waals surface area (Å²) in [5, 5.41) is 2.96. The summed E-state index contributed by atoms with van der Waals surface area (Å²) in [6, 6.07) is 0. The summed E-state index contributed by atoms with van der Waals surface area (Å²) in [5.41, 5.74) is 0.887. The van der Waals surface area contributed by atoms with Gasteiger partial charge in [0.1, 0.15) is 16.3 Å². The lowest BCUT2D eigenvalue weighted by Gasteiger charge is -2.25. The van der Waals surface area contributed by atoms with E-state index in [9.17, 15) is 18.0 Å². The highest BCUT2D eigenvalue weighted by Gasteiger charge is 2.32. The van der Waals surface area contributed by atoms with Crippen LogP contribution in [0.5, 0.6) is 0 Å². The molecule has 1 N–H and O–H groups in total. The molecule has 1 fully saturated rings. The van der Waals surface area contributed by atoms with Gasteiger partial charge in [-0.3, -0.25) is 14.2 Å². The number of thiophene rings is 1. The summed E-state index contributed by atoms with van der Waals surface area (Å²) < 4.78 is 29.3. The zero-order valence-corrected chi connectivity index (χ0v) is 20.1. The molecular weight excluding hydrogens is 448 g/mol. The Morgan fingerprint density at radius 3 is 2.69 bits per heavy atom. The van der Waals surface area contributed by atoms with E-state index in [1.54, 1.807) is 6.92 Å². The van der Waals surface area contributed by atoms with Crippen molar-refractivity contribution in [3.8, 4) is 0 Å². The zero-order chi connectivity index (χ0) is 22.7. The fourth-order valence-corrected chi connectivity index (χ4v) is 7.66. The molecule has 4 rings (SSSR count). The number of hydrogen-bond acceptors (Lipinski definition) is 6. The minimum absolute atomic E-state index is 0.0518. The fraction of sp³-hybridized carbons (Fsp3) is 0.591. The molecule has 1 amide bonds. The number of nitrogens with zero attached hydrogens (tertiary/aromatic N) is 3. The Hall–Kier alpha value is -2.04. The van der Waals surface area contributed by atoms with Gasteiger partial charge in [0.25, 0.3) is 5.56 Å². The minimum Gasteiger partial charge on any atom is -0.354 e. The summed E-state index contributed by atoms with van der Waals surface area (Å²) in [4.78, 5) is 30.9. The molecule has 2 aliphatic rings. The molecule has 1 aliphatic heterocycles. The van der Waals surface area contributed by atoms with E-state index in [4.69, 9.17) is 0 Å². The number of aryl methyl sites for hydroxylation is 1. The number of piperidine rings is 1. The Labute approximate surface area is 192 Å². The Morgan fingerprint density at radius 1 is 1.19 bits per heavy atom. The first-order valence-corrected chi connectivity index (χ1v) is 13.6. The van der Waals surface area contributed by atoms with Gasteiger partial charge in [0.2, 0.25) is 15.9 Å². The molecule has 0 unspecified atom stereocenters. The topological polar surface area (TPSA) is 101 Å². The van der Waals surface area contributed by atoms with E-state index in [0.29, 0.717) is 29.3 Å². The maximum Gasteiger partial charge on any atom is 0.263 e. The van der Waals surface area contributed by atoms with Crippen LogP contribution in [-0.2, 0) is 21.4 Å². The van der Waals surface area contributed by atoms with Gasteiger partial charge in [-0.15, -0.1) is 11.3 Å². The third-order valence-corrected chi connectivity index (χ3v) is 9.39. The lowest BCUT2D eigenvalue weighted by molar-refractivity contribution is -0.121. The van der Waals surface area contributed by atoms with Gasteiger partial charge >= 0.3 is 0 Å². The molecule has 3 heterocycles. The van der Waals surface area contributed by atoms with Gasteiger partial charge in [-0.25, -0.2) is 13.4 Å². The van der Waals surface area contributed by atoms with E-state index in [1.807, 2.05) is 0 Å². The number of allylic oxidation sites excluding steroid dienone is 1. The highest BCUT2D eigenvalue weighted by molar-refractivity contribution is 7.89. The average molecular weight is 479 g/mol. The van der Waals surface area contributed by atoms with Crippen LogP contribution in [0.1, 0.15) is 56.2 Å². The van der Waals surface area contributed by atoms with Crippen molar-refractivity contribution in [2.24, 2.45) is 0 Å². The van der Waals surface area contributed by atoms with Gasteiger partial charge in [0.15, 0.2) is 0 Å². The van der Waals surface area contributed by atoms with Crippen molar-refractivity contribution >= 4 is 37.5 Å². The second-order valence-corrected chi connectivity index (χ2v) is 11.6. The highest BCUT2D eigenvalue weighted by atomic mass is 32.2. The van der Waals surface area contributed by atoms with Crippen molar-refractivity contribution in [2.45, 2.75) is 69.7 Å². The molecule has 8 nitrogen and oxygen atoms in total. The third kappa shape index (κ3) is 4.82. The smallest absolute Gasteiger partial charge is 0.263 e. The van der Waals surface area contributed by atoms with E-state index >= 15 is 0 Å². The average Bonchev–Trinajstić information content (AvgIpc) is 3.14. The van der Waals surface area contributed by atoms with Gasteiger partial charge < -0.3 is 5.32 Å². The van der Waals surface area contributed by atoms with E-state index in [2.05, 4.69) is 16.4 Å². The number of hydrogen-bond donors (Lipinski definition) is 1. The molecule has 174 valence electrons. The SMILES string of the molecule is Cc1sc2ncn(CC(=O)NCCC3=CCCCC3)c(=O)c2c1S(=O)(=O)N1CCCCC1. The number of carbonyl (C=O) groups excluding carboxylic acids is 1. The van der Waals surface area contributed by atoms with Gasteiger partial charge in [-0.2, -0.15) is 4.31 Å². The number of carbonyl (C=O) groups is 1. The van der Waals surface area contributed by atoms with Crippen LogP contribution in [0.15, 0.2) is 27.7 Å². The number of aromatic nitrogens is 2. The lowest BCUT2D eigenvalue weighted by atomic mass is 9.97. The van der Waals surface area contributed by atoms with Crippen molar-refractivity contribution in [1.29, 1.82) is 0 Å². The molecule has 32 heavy (non-hydrogen) atoms. The van der Waals surface area contributed by atoms with Crippen LogP contribution in [0, 0.1) is 6.92 Å². The summed E-state index contributed by atoms with van der Waals surface area (Å²) >= 11 is 1.20. The molecular formula is C22H30N4O4S2. The molecule has 0 bridgehead atoms. The maximum absolute atomic E-state index is 13.3. The van der Waals surface area contributed by atoms with Gasteiger partial charge in [-0.1, -0.05) is 18.1 Å². The molecule has 0 spiro atoms. The molecule has 0 aromatic carbocycles. The van der Waals surface area contributed by atoms with Crippen LogP contribution >= 0.6 is 11.3 Å². The molecule has 0 atom stereocenters. The summed E-state index contributed by atoms with van der Waals surface area (Å²) in [5.74, 6) is -0.281. The lowest BCUT2D eigenvalue weighted by Crippen LogP contribution is -2.37. The van der Waals surface area contributed by atoms with E-state index in [1.165, 1.54) is 45.0 Å². The number of nitrogens with one attached hydrogen (secondary N) is 1. The third-order valence-electron chi connectivity index (χ3n) is 6.18. The molecule has 10 heteroatoms. The van der Waals surface area contributed by atoms with Crippen LogP contribution < -0.4 is 10.9 Å². The zero-order valence-electron chi connectivity index (χ0n) is 18.4. The predicted molar refractivity (Wildman–Crippen MR) is 125 cm³/mol. The Bertz CT molecular complexity index is 1190. The minimum atomic E-state index is -3.79.